The molecule has 0 bridgehead atoms. The average Bonchev–Trinajstić information content (AvgIpc) is 3.47. The number of carbonyl (C=O) groups excluding carboxylic acids is 1. The van der Waals surface area contributed by atoms with E-state index in [9.17, 15) is 19.4 Å². The van der Waals surface area contributed by atoms with E-state index in [2.05, 4.69) is 141 Å². The minimum Gasteiger partial charge on any atom is -0.391 e. The average molecular weight is 1160 g/mol. The molecule has 0 aliphatic heterocycles. The molecule has 0 rings (SSSR count). The molecule has 0 aromatic rings. The van der Waals surface area contributed by atoms with Crippen molar-refractivity contribution in [1.82, 2.24) is 5.32 Å². The molecule has 1 amide bonds. The summed E-state index contributed by atoms with van der Waals surface area (Å²) in [5.41, 5.74) is 0. The number of likely N-dealkylation sites (N-methyl/N-ethyl adjacent to an activating group) is 1. The van der Waals surface area contributed by atoms with Crippen molar-refractivity contribution in [3.8, 4) is 0 Å². The number of amides is 1. The van der Waals surface area contributed by atoms with Gasteiger partial charge in [0, 0.05) is 6.42 Å². The number of unbranched alkanes of at least 4 members (excludes halogenated alkanes) is 28. The third kappa shape index (κ3) is 64.5. The Morgan fingerprint density at radius 2 is 0.732 bits per heavy atom. The smallest absolute Gasteiger partial charge is 0.391 e. The molecule has 0 fully saturated rings. The first kappa shape index (κ1) is 78.9. The molecule has 9 heteroatoms. The summed E-state index contributed by atoms with van der Waals surface area (Å²) in [7, 11) is 1.61. The fraction of sp³-hybridized carbons (Fsp3) is 0.712. The van der Waals surface area contributed by atoms with Crippen molar-refractivity contribution in [2.75, 3.05) is 40.9 Å². The normalized spacial score (nSPS) is 14.5. The highest BCUT2D eigenvalue weighted by Gasteiger charge is 2.28. The van der Waals surface area contributed by atoms with Crippen molar-refractivity contribution in [2.24, 2.45) is 0 Å². The Hall–Kier alpha value is -3.10. The molecule has 0 aromatic heterocycles. The van der Waals surface area contributed by atoms with Crippen LogP contribution in [0.5, 0.6) is 0 Å². The van der Waals surface area contributed by atoms with Gasteiger partial charge in [-0.2, -0.15) is 0 Å². The lowest BCUT2D eigenvalue weighted by molar-refractivity contribution is -0.870. The summed E-state index contributed by atoms with van der Waals surface area (Å²) in [6.45, 7) is 4.79. The van der Waals surface area contributed by atoms with Gasteiger partial charge >= 0.3 is 7.82 Å². The van der Waals surface area contributed by atoms with E-state index in [0.29, 0.717) is 23.9 Å². The molecule has 0 spiro atoms. The minimum absolute atomic E-state index is 0.0694. The zero-order valence-electron chi connectivity index (χ0n) is 53.9. The summed E-state index contributed by atoms with van der Waals surface area (Å²) in [4.78, 5) is 23.4. The highest BCUT2D eigenvalue weighted by Crippen LogP contribution is 2.43. The van der Waals surface area contributed by atoms with E-state index in [4.69, 9.17) is 9.05 Å². The van der Waals surface area contributed by atoms with Crippen LogP contribution >= 0.6 is 7.82 Å². The number of nitrogens with one attached hydrogen (secondary N) is 1. The SMILES string of the molecule is CC/C=C\C/C=C\C/C=C\C/C=C\C/C=C\C/C=C\C/C=C\C/C=C\C/C=C\C/C=C\CCCCCCCCCCCCC(=O)NC(COP(=O)(O)OCC[N+](C)(C)C)C(O)CCCCCCCCCCCCCCCCCCCCC. The van der Waals surface area contributed by atoms with Crippen molar-refractivity contribution < 1.29 is 32.9 Å². The zero-order chi connectivity index (χ0) is 59.8. The molecule has 0 saturated heterocycles. The highest BCUT2D eigenvalue weighted by molar-refractivity contribution is 7.47. The molecule has 0 heterocycles. The third-order valence-electron chi connectivity index (χ3n) is 14.7. The van der Waals surface area contributed by atoms with E-state index in [1.807, 2.05) is 21.1 Å². The van der Waals surface area contributed by atoms with Gasteiger partial charge in [0.1, 0.15) is 13.2 Å². The van der Waals surface area contributed by atoms with E-state index in [1.165, 1.54) is 148 Å². The molecule has 3 atom stereocenters. The molecule has 0 aromatic carbocycles. The van der Waals surface area contributed by atoms with Gasteiger partial charge in [-0.15, -0.1) is 0 Å². The summed E-state index contributed by atoms with van der Waals surface area (Å²) in [6, 6.07) is -0.771. The number of hydrogen-bond donors (Lipinski definition) is 3. The van der Waals surface area contributed by atoms with Crippen LogP contribution in [0.2, 0.25) is 0 Å². The van der Waals surface area contributed by atoms with Crippen LogP contribution in [-0.4, -0.2) is 73.4 Å². The maximum absolute atomic E-state index is 13.1. The predicted molar refractivity (Wildman–Crippen MR) is 359 cm³/mol. The fourth-order valence-corrected chi connectivity index (χ4v) is 10.2. The number of carbonyl (C=O) groups is 1. The molecular weight excluding hydrogens is 1030 g/mol. The van der Waals surface area contributed by atoms with Gasteiger partial charge in [0.25, 0.3) is 0 Å². The summed E-state index contributed by atoms with van der Waals surface area (Å²) in [5, 5.41) is 14.1. The number of rotatable bonds is 61. The Balaban J connectivity index is 4.08. The lowest BCUT2D eigenvalue weighted by Gasteiger charge is -2.26. The maximum Gasteiger partial charge on any atom is 0.472 e. The summed E-state index contributed by atoms with van der Waals surface area (Å²) >= 11 is 0. The quantitative estimate of drug-likeness (QED) is 0.0243. The Labute approximate surface area is 507 Å². The van der Waals surface area contributed by atoms with Gasteiger partial charge in [0.15, 0.2) is 0 Å². The van der Waals surface area contributed by atoms with Crippen LogP contribution in [0, 0.1) is 0 Å². The van der Waals surface area contributed by atoms with Gasteiger partial charge in [-0.05, 0) is 89.9 Å². The number of phosphoric ester groups is 1. The molecule has 8 nitrogen and oxygen atoms in total. The number of nitrogens with zero attached hydrogens (tertiary/aromatic N) is 1. The van der Waals surface area contributed by atoms with Crippen molar-refractivity contribution in [1.29, 1.82) is 0 Å². The number of aliphatic hydroxyl groups is 1. The standard InChI is InChI=1S/C73H129N2O6P/c1-6-8-10-12-14-16-18-20-22-24-26-27-28-29-30-31-32-33-34-35-36-37-38-39-40-41-42-43-44-45-46-47-49-51-53-55-57-59-61-63-65-67-73(77)74-71(70-81-82(78,79)80-69-68-75(3,4)5)72(76)66-64-62-60-58-56-54-52-50-48-25-23-21-19-17-15-13-11-9-7-2/h8,10,14,16,20,22,26-27,29-30,32-33,35-36,38-39,41-42,44-45,71-72,76H,6-7,9,11-13,15,17-19,21,23-25,28,31,34,37,40,43,46-70H2,1-5H3,(H-,74,77,78,79)/p+1/b10-8-,16-14-,22-20-,27-26-,30-29-,33-32-,36-35-,39-38-,42-41-,45-44-. The first-order chi connectivity index (χ1) is 40.0. The van der Waals surface area contributed by atoms with E-state index in [0.717, 1.165) is 109 Å². The van der Waals surface area contributed by atoms with Crippen LogP contribution in [0.25, 0.3) is 0 Å². The number of phosphoric acid groups is 1. The second-order valence-corrected chi connectivity index (χ2v) is 25.3. The molecule has 0 radical (unpaired) electrons. The van der Waals surface area contributed by atoms with Crippen LogP contribution in [-0.2, 0) is 18.4 Å². The molecule has 3 N–H and O–H groups in total. The molecule has 0 aliphatic carbocycles. The number of hydrogen-bond acceptors (Lipinski definition) is 5. The second-order valence-electron chi connectivity index (χ2n) is 23.8. The Bertz CT molecular complexity index is 1750. The van der Waals surface area contributed by atoms with Crippen molar-refractivity contribution in [2.45, 2.75) is 296 Å². The molecular formula is C73H130N2O6P+. The lowest BCUT2D eigenvalue weighted by Crippen LogP contribution is -2.46. The molecule has 0 saturated carbocycles. The summed E-state index contributed by atoms with van der Waals surface area (Å²) in [6.07, 6.45) is 92.8. The Kier molecular flexibility index (Phi) is 60.1. The van der Waals surface area contributed by atoms with Gasteiger partial charge in [-0.3, -0.25) is 13.8 Å². The number of quaternary nitrogens is 1. The van der Waals surface area contributed by atoms with Crippen molar-refractivity contribution in [3.05, 3.63) is 122 Å². The van der Waals surface area contributed by atoms with Crippen LogP contribution in [0.3, 0.4) is 0 Å². The third-order valence-corrected chi connectivity index (χ3v) is 15.7. The highest BCUT2D eigenvalue weighted by atomic mass is 31.2. The fourth-order valence-electron chi connectivity index (χ4n) is 9.49. The Morgan fingerprint density at radius 1 is 0.427 bits per heavy atom. The van der Waals surface area contributed by atoms with E-state index < -0.39 is 20.0 Å². The predicted octanol–water partition coefficient (Wildman–Crippen LogP) is 21.7. The first-order valence-corrected chi connectivity index (χ1v) is 35.4. The van der Waals surface area contributed by atoms with Gasteiger partial charge < -0.3 is 19.8 Å². The number of aliphatic hydroxyl groups excluding tert-OH is 1. The largest absolute Gasteiger partial charge is 0.472 e. The van der Waals surface area contributed by atoms with Crippen molar-refractivity contribution >= 4 is 13.7 Å². The summed E-state index contributed by atoms with van der Waals surface area (Å²) in [5.74, 6) is -0.151. The van der Waals surface area contributed by atoms with Gasteiger partial charge in [-0.25, -0.2) is 4.57 Å². The van der Waals surface area contributed by atoms with E-state index in [-0.39, 0.29) is 19.1 Å². The van der Waals surface area contributed by atoms with Gasteiger partial charge in [-0.1, -0.05) is 309 Å². The molecule has 3 unspecified atom stereocenters. The lowest BCUT2D eigenvalue weighted by atomic mass is 10.0. The Morgan fingerprint density at radius 3 is 1.07 bits per heavy atom. The maximum atomic E-state index is 13.1. The van der Waals surface area contributed by atoms with Crippen molar-refractivity contribution in [3.63, 3.8) is 0 Å². The monoisotopic (exact) mass is 1160 g/mol. The summed E-state index contributed by atoms with van der Waals surface area (Å²) < 4.78 is 23.8. The van der Waals surface area contributed by atoms with E-state index in [1.54, 1.807) is 0 Å². The van der Waals surface area contributed by atoms with Crippen LogP contribution in [0.4, 0.5) is 0 Å². The van der Waals surface area contributed by atoms with Crippen LogP contribution < -0.4 is 5.32 Å². The molecule has 82 heavy (non-hydrogen) atoms. The van der Waals surface area contributed by atoms with Crippen LogP contribution in [0.15, 0.2) is 122 Å². The number of allylic oxidation sites excluding steroid dienone is 20. The second kappa shape index (κ2) is 62.4. The van der Waals surface area contributed by atoms with Crippen LogP contribution in [0.1, 0.15) is 284 Å². The molecule has 0 aliphatic rings. The molecule has 472 valence electrons. The van der Waals surface area contributed by atoms with Gasteiger partial charge in [0.2, 0.25) is 5.91 Å². The minimum atomic E-state index is -4.34. The van der Waals surface area contributed by atoms with Gasteiger partial charge in [0.05, 0.1) is 39.9 Å². The topological polar surface area (TPSA) is 105 Å². The zero-order valence-corrected chi connectivity index (χ0v) is 54.8. The van der Waals surface area contributed by atoms with E-state index >= 15 is 0 Å². The first-order valence-electron chi connectivity index (χ1n) is 33.9.